The van der Waals surface area contributed by atoms with Crippen molar-refractivity contribution >= 4 is 22.6 Å². The molecule has 0 rings (SSSR count). The van der Waals surface area contributed by atoms with E-state index in [1.54, 1.807) is 0 Å². The van der Waals surface area contributed by atoms with Gasteiger partial charge in [0.1, 0.15) is 0 Å². The summed E-state index contributed by atoms with van der Waals surface area (Å²) >= 11 is 2.40. The van der Waals surface area contributed by atoms with Gasteiger partial charge in [-0.15, -0.1) is 12.3 Å². The molecule has 8 heavy (non-hydrogen) atoms. The molecule has 0 nitrogen and oxygen atoms in total. The molecule has 0 fully saturated rings. The third-order valence-corrected chi connectivity index (χ3v) is 2.45. The molecule has 0 saturated carbocycles. The molecule has 0 radical (unpaired) electrons. The Balaban J connectivity index is 3.35. The van der Waals surface area contributed by atoms with Crippen LogP contribution in [0.2, 0.25) is 0 Å². The molecule has 1 heteroatoms. The van der Waals surface area contributed by atoms with Crippen LogP contribution in [0.1, 0.15) is 20.3 Å². The molecule has 0 saturated heterocycles. The molecule has 0 aromatic heterocycles. The second-order valence-corrected chi connectivity index (χ2v) is 4.03. The summed E-state index contributed by atoms with van der Waals surface area (Å²) in [6.07, 6.45) is 6.02. The van der Waals surface area contributed by atoms with Gasteiger partial charge in [0, 0.05) is 10.3 Å². The highest BCUT2D eigenvalue weighted by atomic mass is 127. The molecule has 0 spiro atoms. The Kier molecular flexibility index (Phi) is 4.35. The first-order valence-electron chi connectivity index (χ1n) is 2.76. The van der Waals surface area contributed by atoms with Crippen LogP contribution in [0, 0.1) is 18.3 Å². The summed E-state index contributed by atoms with van der Waals surface area (Å²) in [7, 11) is 0. The standard InChI is InChI=1S/C7H11I/c1-4-5-6(2)7(3)8/h1,6-7H,5H2,2-3H3. The van der Waals surface area contributed by atoms with E-state index in [1.807, 2.05) is 0 Å². The van der Waals surface area contributed by atoms with Gasteiger partial charge in [-0.2, -0.15) is 0 Å². The average Bonchev–Trinajstić information content (AvgIpc) is 1.67. The number of hydrogen-bond donors (Lipinski definition) is 0. The molecule has 0 aromatic rings. The average molecular weight is 222 g/mol. The van der Waals surface area contributed by atoms with Gasteiger partial charge in [-0.05, 0) is 5.92 Å². The molecule has 0 aliphatic heterocycles. The Hall–Kier alpha value is 0.290. The smallest absolute Gasteiger partial charge is 0.0122 e. The fourth-order valence-corrected chi connectivity index (χ4v) is 0.603. The fraction of sp³-hybridized carbons (Fsp3) is 0.714. The lowest BCUT2D eigenvalue weighted by Gasteiger charge is -2.08. The molecular formula is C7H11I. The minimum atomic E-state index is 0.667. The minimum absolute atomic E-state index is 0.667. The second kappa shape index (κ2) is 4.20. The van der Waals surface area contributed by atoms with Gasteiger partial charge >= 0.3 is 0 Å². The Morgan fingerprint density at radius 1 is 1.62 bits per heavy atom. The summed E-state index contributed by atoms with van der Waals surface area (Å²) in [5, 5.41) is 0. The highest BCUT2D eigenvalue weighted by Crippen LogP contribution is 2.14. The van der Waals surface area contributed by atoms with Gasteiger partial charge in [0.2, 0.25) is 0 Å². The third-order valence-electron chi connectivity index (χ3n) is 1.22. The normalized spacial score (nSPS) is 16.8. The molecule has 2 unspecified atom stereocenters. The third kappa shape index (κ3) is 3.31. The number of halogens is 1. The van der Waals surface area contributed by atoms with Crippen molar-refractivity contribution in [1.82, 2.24) is 0 Å². The number of terminal acetylenes is 1. The van der Waals surface area contributed by atoms with Crippen LogP contribution in [0.5, 0.6) is 0 Å². The molecule has 0 bridgehead atoms. The summed E-state index contributed by atoms with van der Waals surface area (Å²) in [5.41, 5.74) is 0. The van der Waals surface area contributed by atoms with Crippen LogP contribution >= 0.6 is 22.6 Å². The molecule has 46 valence electrons. The van der Waals surface area contributed by atoms with Crippen LogP contribution in [0.25, 0.3) is 0 Å². The highest BCUT2D eigenvalue weighted by molar-refractivity contribution is 14.1. The van der Waals surface area contributed by atoms with E-state index >= 15 is 0 Å². The zero-order valence-corrected chi connectivity index (χ0v) is 7.47. The fourth-order valence-electron chi connectivity index (χ4n) is 0.348. The molecule has 2 atom stereocenters. The number of alkyl halides is 1. The van der Waals surface area contributed by atoms with Crippen molar-refractivity contribution in [2.45, 2.75) is 24.2 Å². The zero-order chi connectivity index (χ0) is 6.57. The maximum atomic E-state index is 5.11. The molecule has 0 aromatic carbocycles. The van der Waals surface area contributed by atoms with E-state index in [2.05, 4.69) is 42.4 Å². The number of hydrogen-bond acceptors (Lipinski definition) is 0. The van der Waals surface area contributed by atoms with E-state index < -0.39 is 0 Å². The van der Waals surface area contributed by atoms with Crippen LogP contribution in [-0.2, 0) is 0 Å². The van der Waals surface area contributed by atoms with Crippen molar-refractivity contribution in [2.24, 2.45) is 5.92 Å². The largest absolute Gasteiger partial charge is 0.120 e. The molecule has 0 heterocycles. The second-order valence-electron chi connectivity index (χ2n) is 2.06. The van der Waals surface area contributed by atoms with E-state index in [0.29, 0.717) is 9.84 Å². The van der Waals surface area contributed by atoms with Crippen molar-refractivity contribution in [3.8, 4) is 12.3 Å². The van der Waals surface area contributed by atoms with Crippen molar-refractivity contribution in [3.05, 3.63) is 0 Å². The first kappa shape index (κ1) is 8.29. The topological polar surface area (TPSA) is 0 Å². The summed E-state index contributed by atoms with van der Waals surface area (Å²) in [4.78, 5) is 0. The lowest BCUT2D eigenvalue weighted by Crippen LogP contribution is -2.04. The lowest BCUT2D eigenvalue weighted by molar-refractivity contribution is 0.612. The Morgan fingerprint density at radius 2 is 2.12 bits per heavy atom. The van der Waals surface area contributed by atoms with Gasteiger partial charge in [-0.1, -0.05) is 36.4 Å². The Bertz CT molecular complexity index is 89.1. The molecular weight excluding hydrogens is 211 g/mol. The summed E-state index contributed by atoms with van der Waals surface area (Å²) in [6, 6.07) is 0. The monoisotopic (exact) mass is 222 g/mol. The van der Waals surface area contributed by atoms with Gasteiger partial charge in [0.05, 0.1) is 0 Å². The van der Waals surface area contributed by atoms with Crippen molar-refractivity contribution in [1.29, 1.82) is 0 Å². The van der Waals surface area contributed by atoms with E-state index in [-0.39, 0.29) is 0 Å². The van der Waals surface area contributed by atoms with E-state index in [9.17, 15) is 0 Å². The first-order chi connectivity index (χ1) is 3.68. The van der Waals surface area contributed by atoms with Gasteiger partial charge in [-0.3, -0.25) is 0 Å². The maximum absolute atomic E-state index is 5.11. The van der Waals surface area contributed by atoms with Crippen molar-refractivity contribution in [2.75, 3.05) is 0 Å². The summed E-state index contributed by atoms with van der Waals surface area (Å²) in [6.45, 7) is 4.36. The zero-order valence-electron chi connectivity index (χ0n) is 5.32. The van der Waals surface area contributed by atoms with Crippen molar-refractivity contribution in [3.63, 3.8) is 0 Å². The van der Waals surface area contributed by atoms with Crippen LogP contribution in [0.3, 0.4) is 0 Å². The molecule has 0 aliphatic rings. The first-order valence-corrected chi connectivity index (χ1v) is 4.00. The van der Waals surface area contributed by atoms with E-state index in [1.165, 1.54) is 0 Å². The molecule has 0 amide bonds. The molecule has 0 aliphatic carbocycles. The Morgan fingerprint density at radius 3 is 2.25 bits per heavy atom. The lowest BCUT2D eigenvalue weighted by atomic mass is 10.1. The summed E-state index contributed by atoms with van der Waals surface area (Å²) in [5.74, 6) is 3.31. The van der Waals surface area contributed by atoms with Crippen LogP contribution in [-0.4, -0.2) is 3.92 Å². The van der Waals surface area contributed by atoms with Gasteiger partial charge in [0.15, 0.2) is 0 Å². The number of rotatable bonds is 2. The summed E-state index contributed by atoms with van der Waals surface area (Å²) < 4.78 is 0.698. The van der Waals surface area contributed by atoms with Crippen molar-refractivity contribution < 1.29 is 0 Å². The van der Waals surface area contributed by atoms with Gasteiger partial charge < -0.3 is 0 Å². The van der Waals surface area contributed by atoms with Crippen LogP contribution in [0.4, 0.5) is 0 Å². The van der Waals surface area contributed by atoms with Gasteiger partial charge in [-0.25, -0.2) is 0 Å². The maximum Gasteiger partial charge on any atom is 0.0122 e. The van der Waals surface area contributed by atoms with E-state index in [0.717, 1.165) is 6.42 Å². The predicted molar refractivity (Wildman–Crippen MR) is 46.1 cm³/mol. The predicted octanol–water partition coefficient (Wildman–Crippen LogP) is 2.47. The quantitative estimate of drug-likeness (QED) is 0.382. The SMILES string of the molecule is C#CCC(C)C(C)I. The highest BCUT2D eigenvalue weighted by Gasteiger charge is 2.04. The Labute approximate surface area is 65.2 Å². The molecule has 0 N–H and O–H groups in total. The van der Waals surface area contributed by atoms with E-state index in [4.69, 9.17) is 6.42 Å². The minimum Gasteiger partial charge on any atom is -0.120 e. The van der Waals surface area contributed by atoms with Crippen LogP contribution in [0.15, 0.2) is 0 Å². The van der Waals surface area contributed by atoms with Gasteiger partial charge in [0.25, 0.3) is 0 Å². The van der Waals surface area contributed by atoms with Crippen LogP contribution < -0.4 is 0 Å².